The van der Waals surface area contributed by atoms with Crippen LogP contribution in [0.2, 0.25) is 0 Å². The van der Waals surface area contributed by atoms with Gasteiger partial charge >= 0.3 is 6.18 Å². The lowest BCUT2D eigenvalue weighted by atomic mass is 10.2. The first-order valence-electron chi connectivity index (χ1n) is 7.15. The molecule has 0 aromatic carbocycles. The lowest BCUT2D eigenvalue weighted by Crippen LogP contribution is -2.15. The van der Waals surface area contributed by atoms with Gasteiger partial charge in [-0.25, -0.2) is 4.98 Å². The van der Waals surface area contributed by atoms with Crippen LogP contribution in [-0.4, -0.2) is 24.8 Å². The molecule has 0 aliphatic heterocycles. The summed E-state index contributed by atoms with van der Waals surface area (Å²) in [6.07, 6.45) is -4.62. The van der Waals surface area contributed by atoms with Gasteiger partial charge in [0.2, 0.25) is 0 Å². The van der Waals surface area contributed by atoms with Crippen LogP contribution in [0.4, 0.5) is 19.0 Å². The number of fused-ring (bicyclic) bond motifs is 1. The van der Waals surface area contributed by atoms with E-state index in [9.17, 15) is 13.2 Å². The number of aryl methyl sites for hydroxylation is 3. The molecule has 0 unspecified atom stereocenters. The van der Waals surface area contributed by atoms with Crippen molar-refractivity contribution in [2.24, 2.45) is 0 Å². The molecule has 128 valence electrons. The zero-order valence-corrected chi connectivity index (χ0v) is 14.3. The Labute approximate surface area is 139 Å². The van der Waals surface area contributed by atoms with Crippen molar-refractivity contribution in [1.82, 2.24) is 24.8 Å². The molecule has 0 bridgehead atoms. The first kappa shape index (κ1) is 16.6. The molecule has 0 spiro atoms. The van der Waals surface area contributed by atoms with E-state index in [1.165, 1.54) is 0 Å². The van der Waals surface area contributed by atoms with Crippen LogP contribution < -0.4 is 5.32 Å². The highest BCUT2D eigenvalue weighted by atomic mass is 32.1. The van der Waals surface area contributed by atoms with Crippen molar-refractivity contribution in [2.45, 2.75) is 40.4 Å². The molecule has 0 aliphatic carbocycles. The number of nitrogens with one attached hydrogen (secondary N) is 1. The van der Waals surface area contributed by atoms with Crippen LogP contribution in [0.5, 0.6) is 0 Å². The number of hydrogen-bond acceptors (Lipinski definition) is 6. The number of hydrogen-bond donors (Lipinski definition) is 1. The van der Waals surface area contributed by atoms with Gasteiger partial charge in [-0.05, 0) is 33.3 Å². The number of anilines is 1. The van der Waals surface area contributed by atoms with Gasteiger partial charge in [0, 0.05) is 10.4 Å². The van der Waals surface area contributed by atoms with Gasteiger partial charge in [0.15, 0.2) is 11.5 Å². The number of rotatable bonds is 3. The summed E-state index contributed by atoms with van der Waals surface area (Å²) in [5.74, 6) is -0.778. The van der Waals surface area contributed by atoms with Gasteiger partial charge < -0.3 is 5.32 Å². The number of aromatic nitrogens is 5. The second kappa shape index (κ2) is 5.69. The van der Waals surface area contributed by atoms with Crippen LogP contribution in [0, 0.1) is 27.7 Å². The molecule has 10 heteroatoms. The molecule has 24 heavy (non-hydrogen) atoms. The summed E-state index contributed by atoms with van der Waals surface area (Å²) in [6, 6.07) is 0. The van der Waals surface area contributed by atoms with E-state index in [1.54, 1.807) is 25.2 Å². The van der Waals surface area contributed by atoms with Gasteiger partial charge in [0.1, 0.15) is 0 Å². The normalized spacial score (nSPS) is 12.1. The second-order valence-corrected chi connectivity index (χ2v) is 6.85. The van der Waals surface area contributed by atoms with E-state index >= 15 is 0 Å². The van der Waals surface area contributed by atoms with E-state index in [4.69, 9.17) is 0 Å². The summed E-state index contributed by atoms with van der Waals surface area (Å²) >= 11 is 1.58. The maximum Gasteiger partial charge on any atom is 0.453 e. The quantitative estimate of drug-likeness (QED) is 0.779. The highest BCUT2D eigenvalue weighted by Crippen LogP contribution is 2.30. The first-order valence-corrected chi connectivity index (χ1v) is 7.96. The van der Waals surface area contributed by atoms with Crippen LogP contribution in [0.1, 0.15) is 32.5 Å². The van der Waals surface area contributed by atoms with E-state index in [-0.39, 0.29) is 5.65 Å². The Hall–Kier alpha value is -2.23. The molecule has 0 atom stereocenters. The Morgan fingerprint density at radius 1 is 1.08 bits per heavy atom. The number of alkyl halides is 3. The van der Waals surface area contributed by atoms with Crippen LogP contribution in [0.25, 0.3) is 5.65 Å². The van der Waals surface area contributed by atoms with Gasteiger partial charge in [-0.15, -0.1) is 26.6 Å². The molecule has 1 N–H and O–H groups in total. The molecular weight excluding hydrogens is 341 g/mol. The molecule has 0 saturated carbocycles. The molecule has 3 rings (SSSR count). The van der Waals surface area contributed by atoms with E-state index in [0.717, 1.165) is 25.7 Å². The summed E-state index contributed by atoms with van der Waals surface area (Å²) in [5, 5.41) is 14.9. The molecule has 3 aromatic rings. The zero-order chi connectivity index (χ0) is 17.6. The fourth-order valence-electron chi connectivity index (χ4n) is 2.38. The van der Waals surface area contributed by atoms with E-state index < -0.39 is 12.0 Å². The summed E-state index contributed by atoms with van der Waals surface area (Å²) in [6.45, 7) is 7.74. The first-order chi connectivity index (χ1) is 11.2. The average molecular weight is 356 g/mol. The molecule has 0 aliphatic rings. The average Bonchev–Trinajstić information content (AvgIpc) is 3.04. The van der Waals surface area contributed by atoms with Gasteiger partial charge in [-0.1, -0.05) is 0 Å². The van der Waals surface area contributed by atoms with E-state index in [0.29, 0.717) is 17.9 Å². The monoisotopic (exact) mass is 356 g/mol. The molecule has 0 amide bonds. The second-order valence-electron chi connectivity index (χ2n) is 5.44. The van der Waals surface area contributed by atoms with Crippen molar-refractivity contribution in [1.29, 1.82) is 0 Å². The van der Waals surface area contributed by atoms with Gasteiger partial charge in [0.05, 0.1) is 17.2 Å². The Balaban J connectivity index is 2.01. The van der Waals surface area contributed by atoms with Crippen LogP contribution in [-0.2, 0) is 12.7 Å². The third-order valence-electron chi connectivity index (χ3n) is 3.77. The summed E-state index contributed by atoms with van der Waals surface area (Å²) < 4.78 is 39.8. The fraction of sp³-hybridized carbons (Fsp3) is 0.429. The molecule has 6 nitrogen and oxygen atoms in total. The SMILES string of the molecule is Cc1nc(CNc2nn3c(C(F)(F)F)nnc3c(C)c2C)c(C)s1. The van der Waals surface area contributed by atoms with E-state index in [1.807, 2.05) is 13.8 Å². The number of nitrogens with zero attached hydrogens (tertiary/aromatic N) is 5. The summed E-state index contributed by atoms with van der Waals surface area (Å²) in [7, 11) is 0. The molecule has 0 fully saturated rings. The minimum absolute atomic E-state index is 0.103. The maximum absolute atomic E-state index is 13.0. The largest absolute Gasteiger partial charge is 0.453 e. The van der Waals surface area contributed by atoms with Crippen LogP contribution >= 0.6 is 11.3 Å². The number of halogens is 3. The van der Waals surface area contributed by atoms with Crippen LogP contribution in [0.15, 0.2) is 0 Å². The minimum atomic E-state index is -4.62. The van der Waals surface area contributed by atoms with Gasteiger partial charge in [-0.3, -0.25) is 0 Å². The molecule has 0 saturated heterocycles. The predicted octanol–water partition coefficient (Wildman–Crippen LogP) is 3.45. The Kier molecular flexibility index (Phi) is 3.94. The summed E-state index contributed by atoms with van der Waals surface area (Å²) in [4.78, 5) is 5.47. The zero-order valence-electron chi connectivity index (χ0n) is 13.5. The Morgan fingerprint density at radius 3 is 2.38 bits per heavy atom. The topological polar surface area (TPSA) is 68.0 Å². The van der Waals surface area contributed by atoms with Crippen molar-refractivity contribution in [3.05, 3.63) is 32.5 Å². The fourth-order valence-corrected chi connectivity index (χ4v) is 3.21. The maximum atomic E-state index is 13.0. The van der Waals surface area contributed by atoms with Gasteiger partial charge in [0.25, 0.3) is 5.82 Å². The van der Waals surface area contributed by atoms with E-state index in [2.05, 4.69) is 25.6 Å². The third kappa shape index (κ3) is 2.81. The number of thiazole rings is 1. The summed E-state index contributed by atoms with van der Waals surface area (Å²) in [5.41, 5.74) is 2.29. The lowest BCUT2D eigenvalue weighted by Gasteiger charge is -2.12. The van der Waals surface area contributed by atoms with Crippen molar-refractivity contribution in [2.75, 3.05) is 5.32 Å². The smallest absolute Gasteiger partial charge is 0.363 e. The molecule has 0 radical (unpaired) electrons. The minimum Gasteiger partial charge on any atom is -0.363 e. The van der Waals surface area contributed by atoms with Gasteiger partial charge in [-0.2, -0.15) is 17.7 Å². The van der Waals surface area contributed by atoms with Crippen LogP contribution in [0.3, 0.4) is 0 Å². The van der Waals surface area contributed by atoms with Crippen molar-refractivity contribution >= 4 is 22.8 Å². The Morgan fingerprint density at radius 2 is 1.79 bits per heavy atom. The Bertz CT molecular complexity index is 911. The standard InChI is InChI=1S/C14H15F3N6S/c1-6-7(2)12-20-21-13(14(15,16)17)23(12)22-11(6)18-5-10-8(3)24-9(4)19-10/h5H2,1-4H3,(H,18,22). The molecular formula is C14H15F3N6S. The molecule has 3 aromatic heterocycles. The third-order valence-corrected chi connectivity index (χ3v) is 4.70. The van der Waals surface area contributed by atoms with Crippen molar-refractivity contribution in [3.63, 3.8) is 0 Å². The van der Waals surface area contributed by atoms with Crippen molar-refractivity contribution in [3.8, 4) is 0 Å². The highest BCUT2D eigenvalue weighted by Gasteiger charge is 2.38. The predicted molar refractivity (Wildman–Crippen MR) is 84.2 cm³/mol. The van der Waals surface area contributed by atoms with Crippen molar-refractivity contribution < 1.29 is 13.2 Å². The molecule has 3 heterocycles. The highest BCUT2D eigenvalue weighted by molar-refractivity contribution is 7.11. The lowest BCUT2D eigenvalue weighted by molar-refractivity contribution is -0.146.